The van der Waals surface area contributed by atoms with Crippen LogP contribution in [-0.4, -0.2) is 17.2 Å². The number of hydrogen-bond acceptors (Lipinski definition) is 3. The van der Waals surface area contributed by atoms with Gasteiger partial charge in [0.2, 0.25) is 0 Å². The van der Waals surface area contributed by atoms with Gasteiger partial charge in [0, 0.05) is 16.1 Å². The van der Waals surface area contributed by atoms with E-state index in [9.17, 15) is 4.79 Å². The monoisotopic (exact) mass is 316 g/mol. The van der Waals surface area contributed by atoms with Gasteiger partial charge in [0.15, 0.2) is 10.9 Å². The smallest absolute Gasteiger partial charge is 0.175 e. The van der Waals surface area contributed by atoms with Crippen LogP contribution in [0.4, 0.5) is 11.4 Å². The lowest BCUT2D eigenvalue weighted by Gasteiger charge is -2.13. The molecule has 21 heavy (non-hydrogen) atoms. The Morgan fingerprint density at radius 3 is 2.57 bits per heavy atom. The van der Waals surface area contributed by atoms with Crippen molar-refractivity contribution in [3.63, 3.8) is 0 Å². The molecule has 3 nitrogen and oxygen atoms in total. The first kappa shape index (κ1) is 15.5. The molecule has 0 aliphatic heterocycles. The molecule has 5 heteroatoms. The van der Waals surface area contributed by atoms with Crippen LogP contribution in [0.2, 0.25) is 0 Å². The molecule has 0 aliphatic carbocycles. The van der Waals surface area contributed by atoms with E-state index in [0.717, 1.165) is 16.3 Å². The molecule has 0 radical (unpaired) electrons. The average molecular weight is 316 g/mol. The minimum atomic E-state index is 0.0326. The van der Waals surface area contributed by atoms with Gasteiger partial charge in [-0.1, -0.05) is 24.3 Å². The van der Waals surface area contributed by atoms with Crippen LogP contribution >= 0.6 is 24.0 Å². The van der Waals surface area contributed by atoms with E-state index in [1.54, 1.807) is 30.8 Å². The predicted molar refractivity (Wildman–Crippen MR) is 94.5 cm³/mol. The van der Waals surface area contributed by atoms with Crippen LogP contribution in [0.15, 0.2) is 53.4 Å². The Hall–Kier alpha value is -1.85. The van der Waals surface area contributed by atoms with Gasteiger partial charge in [0.25, 0.3) is 0 Å². The first-order chi connectivity index (χ1) is 10.1. The van der Waals surface area contributed by atoms with Gasteiger partial charge >= 0.3 is 0 Å². The van der Waals surface area contributed by atoms with Crippen molar-refractivity contribution in [1.29, 1.82) is 0 Å². The minimum absolute atomic E-state index is 0.0326. The van der Waals surface area contributed by atoms with Gasteiger partial charge in [0.1, 0.15) is 0 Å². The van der Waals surface area contributed by atoms with E-state index in [4.69, 9.17) is 12.2 Å². The summed E-state index contributed by atoms with van der Waals surface area (Å²) in [5, 5.41) is 6.77. The van der Waals surface area contributed by atoms with Gasteiger partial charge in [-0.15, -0.1) is 11.8 Å². The number of anilines is 2. The largest absolute Gasteiger partial charge is 0.332 e. The molecule has 0 saturated carbocycles. The molecular weight excluding hydrogens is 300 g/mol. The van der Waals surface area contributed by atoms with Crippen molar-refractivity contribution < 1.29 is 4.79 Å². The summed E-state index contributed by atoms with van der Waals surface area (Å²) in [5.41, 5.74) is 2.42. The third-order valence-electron chi connectivity index (χ3n) is 2.88. The SMILES string of the molecule is CSc1ccccc1NC(=S)Nc1cccc(C(C)=O)c1. The second-order valence-corrected chi connectivity index (χ2v) is 5.67. The lowest BCUT2D eigenvalue weighted by atomic mass is 10.1. The van der Waals surface area contributed by atoms with E-state index in [1.807, 2.05) is 42.7 Å². The number of ketones is 1. The molecule has 0 amide bonds. The summed E-state index contributed by atoms with van der Waals surface area (Å²) >= 11 is 6.97. The Kier molecular flexibility index (Phi) is 5.36. The zero-order valence-corrected chi connectivity index (χ0v) is 13.5. The Labute approximate surface area is 134 Å². The summed E-state index contributed by atoms with van der Waals surface area (Å²) in [5.74, 6) is 0.0326. The number of carbonyl (C=O) groups excluding carboxylic acids is 1. The lowest BCUT2D eigenvalue weighted by Crippen LogP contribution is -2.19. The first-order valence-corrected chi connectivity index (χ1v) is 8.05. The summed E-state index contributed by atoms with van der Waals surface area (Å²) < 4.78 is 0. The summed E-state index contributed by atoms with van der Waals surface area (Å²) in [6.07, 6.45) is 2.02. The van der Waals surface area contributed by atoms with E-state index < -0.39 is 0 Å². The van der Waals surface area contributed by atoms with E-state index in [0.29, 0.717) is 10.7 Å². The van der Waals surface area contributed by atoms with E-state index >= 15 is 0 Å². The van der Waals surface area contributed by atoms with Crippen molar-refractivity contribution in [3.8, 4) is 0 Å². The molecule has 108 valence electrons. The summed E-state index contributed by atoms with van der Waals surface area (Å²) in [7, 11) is 0. The third-order valence-corrected chi connectivity index (χ3v) is 3.88. The number of carbonyl (C=O) groups is 1. The van der Waals surface area contributed by atoms with E-state index in [1.165, 1.54) is 0 Å². The highest BCUT2D eigenvalue weighted by Gasteiger charge is 2.05. The van der Waals surface area contributed by atoms with E-state index in [-0.39, 0.29) is 5.78 Å². The first-order valence-electron chi connectivity index (χ1n) is 6.42. The summed E-state index contributed by atoms with van der Waals surface area (Å²) in [6, 6.07) is 15.2. The Morgan fingerprint density at radius 1 is 1.10 bits per heavy atom. The van der Waals surface area contributed by atoms with Gasteiger partial charge in [0.05, 0.1) is 5.69 Å². The zero-order chi connectivity index (χ0) is 15.2. The van der Waals surface area contributed by atoms with Crippen LogP contribution in [0.25, 0.3) is 0 Å². The molecule has 0 aromatic heterocycles. The molecule has 2 rings (SSSR count). The minimum Gasteiger partial charge on any atom is -0.332 e. The molecule has 0 spiro atoms. The topological polar surface area (TPSA) is 41.1 Å². The highest BCUT2D eigenvalue weighted by molar-refractivity contribution is 7.98. The maximum absolute atomic E-state index is 11.4. The zero-order valence-electron chi connectivity index (χ0n) is 11.8. The normalized spacial score (nSPS) is 10.0. The highest BCUT2D eigenvalue weighted by atomic mass is 32.2. The number of rotatable bonds is 4. The Bertz CT molecular complexity index is 671. The fourth-order valence-corrected chi connectivity index (χ4v) is 2.63. The van der Waals surface area contributed by atoms with Crippen molar-refractivity contribution in [2.24, 2.45) is 0 Å². The maximum atomic E-state index is 11.4. The van der Waals surface area contributed by atoms with Gasteiger partial charge < -0.3 is 10.6 Å². The Balaban J connectivity index is 2.08. The second kappa shape index (κ2) is 7.24. The van der Waals surface area contributed by atoms with Crippen LogP contribution < -0.4 is 10.6 Å². The molecule has 0 atom stereocenters. The summed E-state index contributed by atoms with van der Waals surface area (Å²) in [6.45, 7) is 1.55. The fourth-order valence-electron chi connectivity index (χ4n) is 1.85. The Morgan fingerprint density at radius 2 is 1.86 bits per heavy atom. The standard InChI is InChI=1S/C16H16N2OS2/c1-11(19)12-6-5-7-13(10-12)17-16(20)18-14-8-3-4-9-15(14)21-2/h3-10H,1-2H3,(H2,17,18,20). The molecule has 0 unspecified atom stereocenters. The van der Waals surface area contributed by atoms with Crippen LogP contribution in [0.1, 0.15) is 17.3 Å². The molecule has 2 aromatic rings. The number of thiocarbonyl (C=S) groups is 1. The van der Waals surface area contributed by atoms with Gasteiger partial charge in [-0.3, -0.25) is 4.79 Å². The van der Waals surface area contributed by atoms with Crippen molar-refractivity contribution in [3.05, 3.63) is 54.1 Å². The predicted octanol–water partition coefficient (Wildman–Crippen LogP) is 4.42. The molecule has 0 aliphatic rings. The van der Waals surface area contributed by atoms with Crippen molar-refractivity contribution in [2.45, 2.75) is 11.8 Å². The number of benzene rings is 2. The van der Waals surface area contributed by atoms with Crippen LogP contribution in [-0.2, 0) is 0 Å². The quantitative estimate of drug-likeness (QED) is 0.496. The molecule has 2 aromatic carbocycles. The molecular formula is C16H16N2OS2. The number of hydrogen-bond donors (Lipinski definition) is 2. The molecule has 0 bridgehead atoms. The van der Waals surface area contributed by atoms with E-state index in [2.05, 4.69) is 10.6 Å². The molecule has 2 N–H and O–H groups in total. The van der Waals surface area contributed by atoms with Gasteiger partial charge in [-0.2, -0.15) is 0 Å². The third kappa shape index (κ3) is 4.31. The number of para-hydroxylation sites is 1. The van der Waals surface area contributed by atoms with Crippen molar-refractivity contribution in [1.82, 2.24) is 0 Å². The number of nitrogens with one attached hydrogen (secondary N) is 2. The fraction of sp³-hybridized carbons (Fsp3) is 0.125. The van der Waals surface area contributed by atoms with Crippen LogP contribution in [0, 0.1) is 0 Å². The maximum Gasteiger partial charge on any atom is 0.175 e. The van der Waals surface area contributed by atoms with Crippen LogP contribution in [0.5, 0.6) is 0 Å². The number of Topliss-reactive ketones (excluding diaryl/α,β-unsaturated/α-hetero) is 1. The highest BCUT2D eigenvalue weighted by Crippen LogP contribution is 2.24. The summed E-state index contributed by atoms with van der Waals surface area (Å²) in [4.78, 5) is 12.5. The van der Waals surface area contributed by atoms with Crippen molar-refractivity contribution in [2.75, 3.05) is 16.9 Å². The van der Waals surface area contributed by atoms with Crippen molar-refractivity contribution >= 4 is 46.3 Å². The van der Waals surface area contributed by atoms with Crippen LogP contribution in [0.3, 0.4) is 0 Å². The molecule has 0 heterocycles. The van der Waals surface area contributed by atoms with Gasteiger partial charge in [-0.25, -0.2) is 0 Å². The average Bonchev–Trinajstić information content (AvgIpc) is 2.48. The lowest BCUT2D eigenvalue weighted by molar-refractivity contribution is 0.101. The molecule has 0 saturated heterocycles. The number of thioether (sulfide) groups is 1. The molecule has 0 fully saturated rings. The van der Waals surface area contributed by atoms with Gasteiger partial charge in [-0.05, 0) is 49.7 Å². The second-order valence-electron chi connectivity index (χ2n) is 4.42.